The Bertz CT molecular complexity index is 218. The molecule has 0 saturated carbocycles. The van der Waals surface area contributed by atoms with Crippen molar-refractivity contribution in [3.8, 4) is 0 Å². The van der Waals surface area contributed by atoms with Crippen LogP contribution in [0.4, 0.5) is 0 Å². The van der Waals surface area contributed by atoms with E-state index in [2.05, 4.69) is 25.7 Å². The van der Waals surface area contributed by atoms with Crippen molar-refractivity contribution in [2.75, 3.05) is 19.6 Å². The first-order valence-corrected chi connectivity index (χ1v) is 6.71. The summed E-state index contributed by atoms with van der Waals surface area (Å²) in [4.78, 5) is 13.5. The number of rotatable bonds is 9. The fourth-order valence-corrected chi connectivity index (χ4v) is 2.33. The molecule has 1 unspecified atom stereocenters. The molecule has 0 aromatic rings. The number of amides is 1. The largest absolute Gasteiger partial charge is 0.369 e. The summed E-state index contributed by atoms with van der Waals surface area (Å²) in [6.45, 7) is 10.7. The summed E-state index contributed by atoms with van der Waals surface area (Å²) >= 11 is 0. The first kappa shape index (κ1) is 16.4. The first-order valence-electron chi connectivity index (χ1n) is 6.71. The van der Waals surface area contributed by atoms with Crippen LogP contribution in [0.15, 0.2) is 0 Å². The molecule has 0 aliphatic heterocycles. The van der Waals surface area contributed by atoms with Gasteiger partial charge in [-0.3, -0.25) is 9.69 Å². The number of hydrogen-bond donors (Lipinski definition) is 2. The third-order valence-corrected chi connectivity index (χ3v) is 3.84. The third kappa shape index (κ3) is 4.28. The molecular weight excluding hydrogens is 214 g/mol. The quantitative estimate of drug-likeness (QED) is 0.642. The van der Waals surface area contributed by atoms with Crippen molar-refractivity contribution in [3.63, 3.8) is 0 Å². The van der Waals surface area contributed by atoms with Gasteiger partial charge in [-0.25, -0.2) is 0 Å². The van der Waals surface area contributed by atoms with Gasteiger partial charge in [-0.15, -0.1) is 0 Å². The van der Waals surface area contributed by atoms with Gasteiger partial charge in [-0.2, -0.15) is 0 Å². The van der Waals surface area contributed by atoms with Crippen molar-refractivity contribution in [2.24, 2.45) is 17.4 Å². The highest BCUT2D eigenvalue weighted by atomic mass is 16.1. The van der Waals surface area contributed by atoms with Crippen LogP contribution >= 0.6 is 0 Å². The van der Waals surface area contributed by atoms with E-state index in [9.17, 15) is 4.79 Å². The van der Waals surface area contributed by atoms with Crippen LogP contribution in [0.3, 0.4) is 0 Å². The number of carbonyl (C=O) groups is 1. The molecule has 0 aromatic heterocycles. The van der Waals surface area contributed by atoms with Gasteiger partial charge in [-0.05, 0) is 25.8 Å². The highest BCUT2D eigenvalue weighted by Crippen LogP contribution is 2.24. The van der Waals surface area contributed by atoms with Crippen molar-refractivity contribution >= 4 is 5.91 Å². The number of carbonyl (C=O) groups excluding carboxylic acids is 1. The minimum atomic E-state index is -0.232. The summed E-state index contributed by atoms with van der Waals surface area (Å²) in [5.41, 5.74) is 11.3. The van der Waals surface area contributed by atoms with Crippen LogP contribution in [0.25, 0.3) is 0 Å². The molecule has 0 aliphatic carbocycles. The van der Waals surface area contributed by atoms with Crippen LogP contribution in [0.1, 0.15) is 47.0 Å². The highest BCUT2D eigenvalue weighted by Gasteiger charge is 2.32. The zero-order chi connectivity index (χ0) is 13.5. The summed E-state index contributed by atoms with van der Waals surface area (Å²) in [5.74, 6) is -0.352. The van der Waals surface area contributed by atoms with Crippen molar-refractivity contribution in [3.05, 3.63) is 0 Å². The van der Waals surface area contributed by atoms with Gasteiger partial charge in [0.1, 0.15) is 0 Å². The van der Waals surface area contributed by atoms with E-state index >= 15 is 0 Å². The van der Waals surface area contributed by atoms with Crippen molar-refractivity contribution in [1.29, 1.82) is 0 Å². The summed E-state index contributed by atoms with van der Waals surface area (Å²) < 4.78 is 0. The fraction of sp³-hybridized carbons (Fsp3) is 0.923. The molecule has 4 N–H and O–H groups in total. The standard InChI is InChI=1S/C13H29N3O/c1-5-8-16(9-11(4)12(15)17)13(6-2,7-3)10-14/h11H,5-10,14H2,1-4H3,(H2,15,17). The van der Waals surface area contributed by atoms with Gasteiger partial charge in [0.2, 0.25) is 5.91 Å². The number of nitrogens with zero attached hydrogens (tertiary/aromatic N) is 1. The Morgan fingerprint density at radius 1 is 1.29 bits per heavy atom. The summed E-state index contributed by atoms with van der Waals surface area (Å²) in [6, 6.07) is 0. The SMILES string of the molecule is CCCN(CC(C)C(N)=O)C(CC)(CC)CN. The van der Waals surface area contributed by atoms with Crippen LogP contribution in [-0.4, -0.2) is 36.0 Å². The molecule has 0 fully saturated rings. The average Bonchev–Trinajstić information content (AvgIpc) is 2.32. The summed E-state index contributed by atoms with van der Waals surface area (Å²) in [6.07, 6.45) is 3.07. The molecule has 0 saturated heterocycles. The predicted octanol–water partition coefficient (Wildman–Crippen LogP) is 1.34. The van der Waals surface area contributed by atoms with E-state index in [0.29, 0.717) is 13.1 Å². The van der Waals surface area contributed by atoms with Gasteiger partial charge < -0.3 is 11.5 Å². The molecule has 0 rings (SSSR count). The lowest BCUT2D eigenvalue weighted by Gasteiger charge is -2.43. The van der Waals surface area contributed by atoms with Gasteiger partial charge in [-0.1, -0.05) is 27.7 Å². The topological polar surface area (TPSA) is 72.3 Å². The lowest BCUT2D eigenvalue weighted by Crippen LogP contribution is -2.55. The molecular formula is C13H29N3O. The lowest BCUT2D eigenvalue weighted by molar-refractivity contribution is -0.122. The molecule has 1 atom stereocenters. The Morgan fingerprint density at radius 2 is 1.82 bits per heavy atom. The highest BCUT2D eigenvalue weighted by molar-refractivity contribution is 5.76. The second-order valence-electron chi connectivity index (χ2n) is 4.89. The van der Waals surface area contributed by atoms with Crippen LogP contribution in [0.5, 0.6) is 0 Å². The fourth-order valence-electron chi connectivity index (χ4n) is 2.33. The Labute approximate surface area is 106 Å². The Morgan fingerprint density at radius 3 is 2.12 bits per heavy atom. The maximum atomic E-state index is 11.2. The molecule has 0 aliphatic rings. The van der Waals surface area contributed by atoms with E-state index < -0.39 is 0 Å². The van der Waals surface area contributed by atoms with E-state index in [1.54, 1.807) is 0 Å². The second-order valence-corrected chi connectivity index (χ2v) is 4.89. The molecule has 0 spiro atoms. The first-order chi connectivity index (χ1) is 7.97. The zero-order valence-corrected chi connectivity index (χ0v) is 11.8. The molecule has 17 heavy (non-hydrogen) atoms. The minimum absolute atomic E-state index is 0.0136. The maximum absolute atomic E-state index is 11.2. The Kier molecular flexibility index (Phi) is 7.39. The Hall–Kier alpha value is -0.610. The van der Waals surface area contributed by atoms with E-state index in [4.69, 9.17) is 11.5 Å². The molecule has 0 radical (unpaired) electrons. The minimum Gasteiger partial charge on any atom is -0.369 e. The van der Waals surface area contributed by atoms with Crippen LogP contribution in [0.2, 0.25) is 0 Å². The van der Waals surface area contributed by atoms with E-state index in [1.807, 2.05) is 6.92 Å². The number of primary amides is 1. The van der Waals surface area contributed by atoms with Crippen LogP contribution < -0.4 is 11.5 Å². The van der Waals surface area contributed by atoms with Crippen LogP contribution in [0, 0.1) is 5.92 Å². The van der Waals surface area contributed by atoms with Gasteiger partial charge in [0.15, 0.2) is 0 Å². The van der Waals surface area contributed by atoms with E-state index in [-0.39, 0.29) is 17.4 Å². The smallest absolute Gasteiger partial charge is 0.221 e. The number of nitrogens with two attached hydrogens (primary N) is 2. The van der Waals surface area contributed by atoms with Crippen molar-refractivity contribution in [2.45, 2.75) is 52.5 Å². The molecule has 4 nitrogen and oxygen atoms in total. The normalized spacial score (nSPS) is 14.0. The molecule has 0 bridgehead atoms. The molecule has 1 amide bonds. The van der Waals surface area contributed by atoms with Gasteiger partial charge >= 0.3 is 0 Å². The summed E-state index contributed by atoms with van der Waals surface area (Å²) in [7, 11) is 0. The third-order valence-electron chi connectivity index (χ3n) is 3.84. The maximum Gasteiger partial charge on any atom is 0.221 e. The van der Waals surface area contributed by atoms with E-state index in [0.717, 1.165) is 25.8 Å². The number of hydrogen-bond acceptors (Lipinski definition) is 3. The monoisotopic (exact) mass is 243 g/mol. The van der Waals surface area contributed by atoms with Crippen molar-refractivity contribution < 1.29 is 4.79 Å². The molecule has 102 valence electrons. The predicted molar refractivity (Wildman–Crippen MR) is 72.6 cm³/mol. The second kappa shape index (κ2) is 7.67. The Balaban J connectivity index is 4.85. The summed E-state index contributed by atoms with van der Waals surface area (Å²) in [5, 5.41) is 0. The van der Waals surface area contributed by atoms with Crippen molar-refractivity contribution in [1.82, 2.24) is 4.90 Å². The van der Waals surface area contributed by atoms with E-state index in [1.165, 1.54) is 0 Å². The van der Waals surface area contributed by atoms with Gasteiger partial charge in [0.25, 0.3) is 0 Å². The molecule has 0 aromatic carbocycles. The molecule has 4 heteroatoms. The zero-order valence-electron chi connectivity index (χ0n) is 11.8. The lowest BCUT2D eigenvalue weighted by atomic mass is 9.89. The molecule has 0 heterocycles. The van der Waals surface area contributed by atoms with Crippen LogP contribution in [-0.2, 0) is 4.79 Å². The van der Waals surface area contributed by atoms with Gasteiger partial charge in [0, 0.05) is 24.5 Å². The van der Waals surface area contributed by atoms with Gasteiger partial charge in [0.05, 0.1) is 0 Å². The average molecular weight is 243 g/mol.